The molecule has 162 valence electrons. The van der Waals surface area contributed by atoms with Crippen LogP contribution in [0.15, 0.2) is 64.6 Å². The number of nitrogens with one attached hydrogen (secondary N) is 1. The van der Waals surface area contributed by atoms with Gasteiger partial charge in [-0.25, -0.2) is 0 Å². The van der Waals surface area contributed by atoms with Crippen LogP contribution >= 0.6 is 0 Å². The number of ether oxygens (including phenoxy) is 2. The molecule has 1 aromatic heterocycles. The van der Waals surface area contributed by atoms with Crippen molar-refractivity contribution in [1.82, 2.24) is 0 Å². The molecule has 0 saturated carbocycles. The molecule has 0 fully saturated rings. The number of carbonyl (C=O) groups excluding carboxylic acids is 1. The minimum Gasteiger partial charge on any atom is -0.496 e. The topological polar surface area (TPSA) is 128 Å². The number of benzene rings is 2. The van der Waals surface area contributed by atoms with E-state index in [4.69, 9.17) is 13.9 Å². The fraction of sp³-hybridized carbons (Fsp3) is 0.130. The van der Waals surface area contributed by atoms with Crippen LogP contribution in [0.4, 0.5) is 11.4 Å². The number of rotatable bonds is 8. The van der Waals surface area contributed by atoms with E-state index in [1.54, 1.807) is 36.4 Å². The zero-order valence-corrected chi connectivity index (χ0v) is 17.3. The predicted octanol–water partition coefficient (Wildman–Crippen LogP) is 4.81. The molecule has 3 rings (SSSR count). The molecule has 9 nitrogen and oxygen atoms in total. The van der Waals surface area contributed by atoms with E-state index in [0.29, 0.717) is 29.4 Å². The van der Waals surface area contributed by atoms with Crippen molar-refractivity contribution in [3.8, 4) is 28.9 Å². The van der Waals surface area contributed by atoms with Crippen LogP contribution in [-0.2, 0) is 4.79 Å². The third kappa shape index (κ3) is 5.12. The average molecular weight is 433 g/mol. The van der Waals surface area contributed by atoms with Gasteiger partial charge in [0, 0.05) is 23.9 Å². The minimum absolute atomic E-state index is 0.117. The van der Waals surface area contributed by atoms with Gasteiger partial charge in [-0.05, 0) is 37.3 Å². The van der Waals surface area contributed by atoms with E-state index in [9.17, 15) is 20.2 Å². The van der Waals surface area contributed by atoms with Gasteiger partial charge in [0.2, 0.25) is 0 Å². The molecular formula is C23H19N3O6. The quantitative estimate of drug-likeness (QED) is 0.234. The molecule has 1 N–H and O–H groups in total. The number of anilines is 1. The first-order valence-electron chi connectivity index (χ1n) is 9.53. The maximum atomic E-state index is 12.5. The van der Waals surface area contributed by atoms with E-state index >= 15 is 0 Å². The first-order chi connectivity index (χ1) is 15.4. The summed E-state index contributed by atoms with van der Waals surface area (Å²) in [6.45, 7) is 2.34. The molecule has 9 heteroatoms. The lowest BCUT2D eigenvalue weighted by Crippen LogP contribution is -2.13. The third-order valence-corrected chi connectivity index (χ3v) is 4.34. The SMILES string of the molecule is CCOc1cccc(NC(=O)C(C#N)=Cc2ccc(-c3ccc([N+](=O)[O-])cc3OC)o2)c1. The van der Waals surface area contributed by atoms with Crippen LogP contribution < -0.4 is 14.8 Å². The van der Waals surface area contributed by atoms with Crippen molar-refractivity contribution in [2.45, 2.75) is 6.92 Å². The summed E-state index contributed by atoms with van der Waals surface area (Å²) in [4.78, 5) is 23.0. The maximum absolute atomic E-state index is 12.5. The first-order valence-corrected chi connectivity index (χ1v) is 9.53. The van der Waals surface area contributed by atoms with Crippen molar-refractivity contribution < 1.29 is 23.6 Å². The highest BCUT2D eigenvalue weighted by atomic mass is 16.6. The van der Waals surface area contributed by atoms with Gasteiger partial charge in [-0.1, -0.05) is 6.07 Å². The minimum atomic E-state index is -0.605. The largest absolute Gasteiger partial charge is 0.496 e. The number of hydrogen-bond donors (Lipinski definition) is 1. The van der Waals surface area contributed by atoms with E-state index in [1.165, 1.54) is 31.4 Å². The summed E-state index contributed by atoms with van der Waals surface area (Å²) >= 11 is 0. The number of nitro groups is 1. The Hall–Kier alpha value is -4.58. The number of nitriles is 1. The van der Waals surface area contributed by atoms with Gasteiger partial charge in [-0.2, -0.15) is 5.26 Å². The van der Waals surface area contributed by atoms with Crippen LogP contribution in [0.25, 0.3) is 17.4 Å². The Morgan fingerprint density at radius 1 is 1.25 bits per heavy atom. The molecule has 1 heterocycles. The zero-order chi connectivity index (χ0) is 23.1. The molecule has 0 aliphatic carbocycles. The number of hydrogen-bond acceptors (Lipinski definition) is 7. The number of carbonyl (C=O) groups is 1. The van der Waals surface area contributed by atoms with Crippen molar-refractivity contribution >= 4 is 23.4 Å². The summed E-state index contributed by atoms with van der Waals surface area (Å²) in [6.07, 6.45) is 1.31. The fourth-order valence-corrected chi connectivity index (χ4v) is 2.89. The van der Waals surface area contributed by atoms with Gasteiger partial charge in [0.05, 0.1) is 30.3 Å². The van der Waals surface area contributed by atoms with E-state index < -0.39 is 10.8 Å². The van der Waals surface area contributed by atoms with Crippen LogP contribution in [-0.4, -0.2) is 24.5 Å². The number of amides is 1. The second kappa shape index (κ2) is 9.95. The first kappa shape index (κ1) is 22.1. The molecule has 0 unspecified atom stereocenters. The molecule has 0 aliphatic heterocycles. The Labute approximate surface area is 183 Å². The Balaban J connectivity index is 1.82. The van der Waals surface area contributed by atoms with Crippen molar-refractivity contribution in [3.63, 3.8) is 0 Å². The predicted molar refractivity (Wildman–Crippen MR) is 117 cm³/mol. The lowest BCUT2D eigenvalue weighted by atomic mass is 10.1. The van der Waals surface area contributed by atoms with Crippen molar-refractivity contribution in [3.05, 3.63) is 76.0 Å². The summed E-state index contributed by atoms with van der Waals surface area (Å²) in [5, 5.41) is 23.0. The molecule has 32 heavy (non-hydrogen) atoms. The molecule has 0 spiro atoms. The second-order valence-corrected chi connectivity index (χ2v) is 6.43. The molecule has 0 saturated heterocycles. The Morgan fingerprint density at radius 3 is 2.75 bits per heavy atom. The fourth-order valence-electron chi connectivity index (χ4n) is 2.89. The second-order valence-electron chi connectivity index (χ2n) is 6.43. The third-order valence-electron chi connectivity index (χ3n) is 4.34. The van der Waals surface area contributed by atoms with E-state index in [2.05, 4.69) is 5.32 Å². The Morgan fingerprint density at radius 2 is 2.06 bits per heavy atom. The molecule has 2 aromatic carbocycles. The number of methoxy groups -OCH3 is 1. The van der Waals surface area contributed by atoms with Crippen molar-refractivity contribution in [2.75, 3.05) is 19.0 Å². The maximum Gasteiger partial charge on any atom is 0.273 e. The van der Waals surface area contributed by atoms with Crippen molar-refractivity contribution in [1.29, 1.82) is 5.26 Å². The molecule has 0 aliphatic rings. The van der Waals surface area contributed by atoms with E-state index in [0.717, 1.165) is 0 Å². The summed E-state index contributed by atoms with van der Waals surface area (Å²) in [6, 6.07) is 16.0. The number of furan rings is 1. The van der Waals surface area contributed by atoms with Crippen LogP contribution in [0, 0.1) is 21.4 Å². The highest BCUT2D eigenvalue weighted by Gasteiger charge is 2.16. The normalized spacial score (nSPS) is 10.8. The van der Waals surface area contributed by atoms with Crippen LogP contribution in [0.2, 0.25) is 0 Å². The molecule has 0 radical (unpaired) electrons. The molecule has 1 amide bonds. The van der Waals surface area contributed by atoms with Crippen molar-refractivity contribution in [2.24, 2.45) is 0 Å². The highest BCUT2D eigenvalue weighted by Crippen LogP contribution is 2.34. The number of non-ortho nitro benzene ring substituents is 1. The Bertz CT molecular complexity index is 1220. The zero-order valence-electron chi connectivity index (χ0n) is 17.3. The van der Waals surface area contributed by atoms with Crippen LogP contribution in [0.1, 0.15) is 12.7 Å². The van der Waals surface area contributed by atoms with Crippen LogP contribution in [0.3, 0.4) is 0 Å². The van der Waals surface area contributed by atoms with Gasteiger partial charge in [-0.15, -0.1) is 0 Å². The lowest BCUT2D eigenvalue weighted by molar-refractivity contribution is -0.384. The summed E-state index contributed by atoms with van der Waals surface area (Å²) in [5.74, 6) is 0.879. The smallest absolute Gasteiger partial charge is 0.273 e. The lowest BCUT2D eigenvalue weighted by Gasteiger charge is -2.07. The van der Waals surface area contributed by atoms with Gasteiger partial charge < -0.3 is 19.2 Å². The van der Waals surface area contributed by atoms with Gasteiger partial charge >= 0.3 is 0 Å². The standard InChI is InChI=1S/C23H19N3O6/c1-3-31-18-6-4-5-16(12-18)25-23(27)15(14-24)11-19-8-10-21(32-19)20-9-7-17(26(28)29)13-22(20)30-2/h4-13H,3H2,1-2H3,(H,25,27). The number of nitrogens with zero attached hydrogens (tertiary/aromatic N) is 2. The monoisotopic (exact) mass is 433 g/mol. The molecular weight excluding hydrogens is 414 g/mol. The summed E-state index contributed by atoms with van der Waals surface area (Å²) in [7, 11) is 1.39. The van der Waals surface area contributed by atoms with Crippen LogP contribution in [0.5, 0.6) is 11.5 Å². The molecule has 3 aromatic rings. The van der Waals surface area contributed by atoms with Gasteiger partial charge in [0.1, 0.15) is 34.7 Å². The summed E-state index contributed by atoms with van der Waals surface area (Å²) in [5.41, 5.74) is 0.698. The van der Waals surface area contributed by atoms with Gasteiger partial charge in [0.25, 0.3) is 11.6 Å². The average Bonchev–Trinajstić information content (AvgIpc) is 3.25. The number of nitro benzene ring substituents is 1. The molecule has 0 atom stereocenters. The van der Waals surface area contributed by atoms with E-state index in [1.807, 2.05) is 13.0 Å². The van der Waals surface area contributed by atoms with Gasteiger partial charge in [0.15, 0.2) is 0 Å². The molecule has 0 bridgehead atoms. The van der Waals surface area contributed by atoms with Gasteiger partial charge in [-0.3, -0.25) is 14.9 Å². The Kier molecular flexibility index (Phi) is 6.88. The highest BCUT2D eigenvalue weighted by molar-refractivity contribution is 6.09. The summed E-state index contributed by atoms with van der Waals surface area (Å²) < 4.78 is 16.3. The van der Waals surface area contributed by atoms with E-state index in [-0.39, 0.29) is 22.8 Å².